The zero-order valence-electron chi connectivity index (χ0n) is 17.8. The zero-order chi connectivity index (χ0) is 22.1. The Balaban J connectivity index is 1.89. The van der Waals surface area contributed by atoms with E-state index >= 15 is 0 Å². The minimum atomic E-state index is -0.646. The second-order valence-corrected chi connectivity index (χ2v) is 7.53. The third-order valence-corrected chi connectivity index (χ3v) is 5.13. The lowest BCUT2D eigenvalue weighted by Gasteiger charge is -2.12. The van der Waals surface area contributed by atoms with Gasteiger partial charge in [-0.3, -0.25) is 4.79 Å². The number of fused-ring (bicyclic) bond motifs is 1. The van der Waals surface area contributed by atoms with Gasteiger partial charge in [-0.25, -0.2) is 4.79 Å². The molecule has 5 nitrogen and oxygen atoms in total. The highest BCUT2D eigenvalue weighted by molar-refractivity contribution is 5.93. The maximum Gasteiger partial charge on any atom is 0.343 e. The van der Waals surface area contributed by atoms with Crippen LogP contribution in [-0.2, 0) is 0 Å². The molecule has 156 valence electrons. The predicted molar refractivity (Wildman–Crippen MR) is 120 cm³/mol. The number of hydrogen-bond acceptors (Lipinski definition) is 5. The van der Waals surface area contributed by atoms with Crippen LogP contribution >= 0.6 is 0 Å². The SMILES string of the molecule is COc1ccc(C(=O)Oc2c(-c3ccc(C)cc3)oc3cc(C)cc(C)c3c2=O)cc1. The molecule has 0 aliphatic rings. The van der Waals surface area contributed by atoms with Crippen molar-refractivity contribution in [2.24, 2.45) is 0 Å². The molecule has 0 amide bonds. The zero-order valence-corrected chi connectivity index (χ0v) is 17.8. The molecular formula is C26H22O5. The fraction of sp³-hybridized carbons (Fsp3) is 0.154. The number of benzene rings is 3. The molecule has 0 radical (unpaired) electrons. The van der Waals surface area contributed by atoms with E-state index in [1.807, 2.05) is 57.2 Å². The molecule has 1 heterocycles. The Morgan fingerprint density at radius 1 is 0.871 bits per heavy atom. The molecule has 0 fully saturated rings. The fourth-order valence-corrected chi connectivity index (χ4v) is 3.54. The van der Waals surface area contributed by atoms with Crippen LogP contribution in [0.3, 0.4) is 0 Å². The van der Waals surface area contributed by atoms with Crippen molar-refractivity contribution < 1.29 is 18.7 Å². The summed E-state index contributed by atoms with van der Waals surface area (Å²) in [4.78, 5) is 26.3. The molecule has 0 saturated carbocycles. The third-order valence-electron chi connectivity index (χ3n) is 5.13. The van der Waals surface area contributed by atoms with E-state index in [1.54, 1.807) is 31.4 Å². The van der Waals surface area contributed by atoms with Crippen LogP contribution in [-0.4, -0.2) is 13.1 Å². The maximum atomic E-state index is 13.4. The highest BCUT2D eigenvalue weighted by Gasteiger charge is 2.22. The van der Waals surface area contributed by atoms with E-state index in [1.165, 1.54) is 0 Å². The van der Waals surface area contributed by atoms with Gasteiger partial charge in [-0.2, -0.15) is 0 Å². The van der Waals surface area contributed by atoms with Gasteiger partial charge in [0.2, 0.25) is 11.2 Å². The van der Waals surface area contributed by atoms with Crippen molar-refractivity contribution in [1.82, 2.24) is 0 Å². The second-order valence-electron chi connectivity index (χ2n) is 7.53. The molecule has 31 heavy (non-hydrogen) atoms. The highest BCUT2D eigenvalue weighted by atomic mass is 16.5. The highest BCUT2D eigenvalue weighted by Crippen LogP contribution is 2.33. The molecule has 0 unspecified atom stereocenters. The number of carbonyl (C=O) groups excluding carboxylic acids is 1. The summed E-state index contributed by atoms with van der Waals surface area (Å²) in [5, 5.41) is 0.402. The Kier molecular flexibility index (Phi) is 5.34. The van der Waals surface area contributed by atoms with Crippen molar-refractivity contribution in [1.29, 1.82) is 0 Å². The number of carbonyl (C=O) groups is 1. The van der Waals surface area contributed by atoms with Gasteiger partial charge in [0.05, 0.1) is 18.1 Å². The van der Waals surface area contributed by atoms with Crippen LogP contribution in [0.2, 0.25) is 0 Å². The summed E-state index contributed by atoms with van der Waals surface area (Å²) in [6.07, 6.45) is 0. The first-order chi connectivity index (χ1) is 14.9. The van der Waals surface area contributed by atoms with E-state index in [0.29, 0.717) is 27.8 Å². The Labute approximate surface area is 179 Å². The van der Waals surface area contributed by atoms with Crippen LogP contribution in [0.4, 0.5) is 0 Å². The lowest BCUT2D eigenvalue weighted by molar-refractivity contribution is 0.0731. The van der Waals surface area contributed by atoms with Crippen LogP contribution in [0.5, 0.6) is 11.5 Å². The van der Waals surface area contributed by atoms with Gasteiger partial charge in [0.15, 0.2) is 5.76 Å². The summed E-state index contributed by atoms with van der Waals surface area (Å²) in [5.74, 6) is 0.0778. The van der Waals surface area contributed by atoms with Crippen molar-refractivity contribution in [2.75, 3.05) is 7.11 Å². The Bertz CT molecular complexity index is 1330. The van der Waals surface area contributed by atoms with Crippen LogP contribution in [0, 0.1) is 20.8 Å². The number of hydrogen-bond donors (Lipinski definition) is 0. The molecule has 0 bridgehead atoms. The molecule has 1 aromatic heterocycles. The molecule has 4 rings (SSSR count). The van der Waals surface area contributed by atoms with Crippen molar-refractivity contribution in [3.63, 3.8) is 0 Å². The monoisotopic (exact) mass is 414 g/mol. The number of rotatable bonds is 4. The van der Waals surface area contributed by atoms with Crippen molar-refractivity contribution in [2.45, 2.75) is 20.8 Å². The molecule has 0 N–H and O–H groups in total. The largest absolute Gasteiger partial charge is 0.497 e. The van der Waals surface area contributed by atoms with Gasteiger partial charge in [0, 0.05) is 5.56 Å². The van der Waals surface area contributed by atoms with Gasteiger partial charge < -0.3 is 13.9 Å². The second kappa shape index (κ2) is 8.11. The summed E-state index contributed by atoms with van der Waals surface area (Å²) >= 11 is 0. The molecule has 0 aliphatic carbocycles. The standard InChI is InChI=1S/C26H22O5/c1-15-5-7-18(8-6-15)24-25(31-26(28)19-9-11-20(29-4)12-10-19)23(27)22-17(3)13-16(2)14-21(22)30-24/h5-14H,1-4H3. The van der Waals surface area contributed by atoms with E-state index in [-0.39, 0.29) is 16.9 Å². The quantitative estimate of drug-likeness (QED) is 0.406. The molecule has 0 spiro atoms. The number of methoxy groups -OCH3 is 1. The molecule has 0 saturated heterocycles. The van der Waals surface area contributed by atoms with Gasteiger partial charge in [0.1, 0.15) is 11.3 Å². The first-order valence-corrected chi connectivity index (χ1v) is 9.88. The number of esters is 1. The lowest BCUT2D eigenvalue weighted by Crippen LogP contribution is -2.17. The van der Waals surface area contributed by atoms with Crippen LogP contribution < -0.4 is 14.9 Å². The van der Waals surface area contributed by atoms with Crippen molar-refractivity contribution in [3.05, 3.63) is 93.1 Å². The summed E-state index contributed by atoms with van der Waals surface area (Å²) in [7, 11) is 1.55. The first kappa shape index (κ1) is 20.4. The fourth-order valence-electron chi connectivity index (χ4n) is 3.54. The predicted octanol–water partition coefficient (Wildman–Crippen LogP) is 5.61. The molecule has 4 aromatic rings. The lowest BCUT2D eigenvalue weighted by atomic mass is 10.0. The third kappa shape index (κ3) is 3.94. The van der Waals surface area contributed by atoms with Gasteiger partial charge in [-0.05, 0) is 62.2 Å². The number of aryl methyl sites for hydroxylation is 3. The maximum absolute atomic E-state index is 13.4. The Morgan fingerprint density at radius 3 is 2.19 bits per heavy atom. The molecular weight excluding hydrogens is 392 g/mol. The summed E-state index contributed by atoms with van der Waals surface area (Å²) in [6, 6.07) is 17.7. The van der Waals surface area contributed by atoms with Crippen molar-refractivity contribution >= 4 is 16.9 Å². The first-order valence-electron chi connectivity index (χ1n) is 9.88. The van der Waals surface area contributed by atoms with Gasteiger partial charge in [-0.1, -0.05) is 35.9 Å². The summed E-state index contributed by atoms with van der Waals surface area (Å²) in [5.41, 5.74) is 3.85. The average Bonchev–Trinajstić information content (AvgIpc) is 2.75. The van der Waals surface area contributed by atoms with E-state index < -0.39 is 5.97 Å². The summed E-state index contributed by atoms with van der Waals surface area (Å²) in [6.45, 7) is 5.75. The van der Waals surface area contributed by atoms with Crippen molar-refractivity contribution in [3.8, 4) is 22.8 Å². The van der Waals surface area contributed by atoms with Crippen LogP contribution in [0.25, 0.3) is 22.3 Å². The smallest absolute Gasteiger partial charge is 0.343 e. The molecule has 3 aromatic carbocycles. The van der Waals surface area contributed by atoms with E-state index in [0.717, 1.165) is 16.7 Å². The van der Waals surface area contributed by atoms with E-state index in [4.69, 9.17) is 13.9 Å². The van der Waals surface area contributed by atoms with Crippen LogP contribution in [0.1, 0.15) is 27.0 Å². The van der Waals surface area contributed by atoms with Gasteiger partial charge in [0.25, 0.3) is 0 Å². The van der Waals surface area contributed by atoms with Crippen LogP contribution in [0.15, 0.2) is 69.9 Å². The number of ether oxygens (including phenoxy) is 2. The summed E-state index contributed by atoms with van der Waals surface area (Å²) < 4.78 is 16.9. The average molecular weight is 414 g/mol. The van der Waals surface area contributed by atoms with E-state index in [2.05, 4.69) is 0 Å². The normalized spacial score (nSPS) is 10.8. The molecule has 0 aliphatic heterocycles. The van der Waals surface area contributed by atoms with Gasteiger partial charge >= 0.3 is 5.97 Å². The minimum absolute atomic E-state index is 0.121. The van der Waals surface area contributed by atoms with Gasteiger partial charge in [-0.15, -0.1) is 0 Å². The molecule has 5 heteroatoms. The van der Waals surface area contributed by atoms with E-state index in [9.17, 15) is 9.59 Å². The minimum Gasteiger partial charge on any atom is -0.497 e. The Morgan fingerprint density at radius 2 is 1.55 bits per heavy atom. The topological polar surface area (TPSA) is 65.7 Å². The molecule has 0 atom stereocenters. The Hall–Kier alpha value is -3.86.